The lowest BCUT2D eigenvalue weighted by Crippen LogP contribution is -2.62. The summed E-state index contributed by atoms with van der Waals surface area (Å²) in [6.07, 6.45) is 3.34. The molecule has 0 spiro atoms. The van der Waals surface area contributed by atoms with Crippen LogP contribution in [0.2, 0.25) is 5.02 Å². The number of anilines is 2. The molecule has 1 fully saturated rings. The number of amides is 1. The highest BCUT2D eigenvalue weighted by Gasteiger charge is 2.43. The van der Waals surface area contributed by atoms with E-state index in [4.69, 9.17) is 21.3 Å². The third kappa shape index (κ3) is 5.72. The topological polar surface area (TPSA) is 84.3 Å². The van der Waals surface area contributed by atoms with Gasteiger partial charge in [-0.3, -0.25) is 14.7 Å². The van der Waals surface area contributed by atoms with Crippen LogP contribution in [0.3, 0.4) is 0 Å². The van der Waals surface area contributed by atoms with Crippen LogP contribution >= 0.6 is 11.6 Å². The van der Waals surface area contributed by atoms with Gasteiger partial charge in [0.2, 0.25) is 5.95 Å². The first kappa shape index (κ1) is 27.0. The number of nitrogens with zero attached hydrogens (tertiary/aromatic N) is 4. The minimum atomic E-state index is -0.195. The molecule has 0 radical (unpaired) electrons. The van der Waals surface area contributed by atoms with Crippen molar-refractivity contribution in [1.29, 1.82) is 0 Å². The number of nitrogens with one attached hydrogen (secondary N) is 2. The Morgan fingerprint density at radius 3 is 2.33 bits per heavy atom. The van der Waals surface area contributed by atoms with E-state index in [0.29, 0.717) is 28.2 Å². The van der Waals surface area contributed by atoms with Crippen LogP contribution in [0, 0.1) is 0 Å². The summed E-state index contributed by atoms with van der Waals surface area (Å²) in [7, 11) is 4.11. The number of hydrogen-bond donors (Lipinski definition) is 2. The Hall–Kier alpha value is -3.62. The van der Waals surface area contributed by atoms with E-state index < -0.39 is 0 Å². The van der Waals surface area contributed by atoms with Crippen molar-refractivity contribution < 1.29 is 9.53 Å². The van der Waals surface area contributed by atoms with Crippen LogP contribution in [-0.2, 0) is 7.05 Å². The fourth-order valence-corrected chi connectivity index (χ4v) is 5.61. The number of carbonyl (C=O) groups excluding carboxylic acids is 1. The molecule has 9 heteroatoms. The summed E-state index contributed by atoms with van der Waals surface area (Å²) in [5.74, 6) is 1.66. The summed E-state index contributed by atoms with van der Waals surface area (Å²) < 4.78 is 8.10. The maximum Gasteiger partial charge on any atom is 0.270 e. The van der Waals surface area contributed by atoms with Crippen molar-refractivity contribution in [3.63, 3.8) is 0 Å². The van der Waals surface area contributed by atoms with Gasteiger partial charge in [0.15, 0.2) is 0 Å². The fraction of sp³-hybridized carbons (Fsp3) is 0.367. The van der Waals surface area contributed by atoms with E-state index in [9.17, 15) is 4.79 Å². The van der Waals surface area contributed by atoms with Crippen molar-refractivity contribution >= 4 is 40.2 Å². The van der Waals surface area contributed by atoms with Gasteiger partial charge in [-0.25, -0.2) is 4.98 Å². The molecule has 1 aliphatic heterocycles. The molecular weight excluding hydrogens is 512 g/mol. The Bertz CT molecular complexity index is 1490. The minimum Gasteiger partial charge on any atom is -0.457 e. The molecule has 0 atom stereocenters. The molecule has 1 saturated heterocycles. The van der Waals surface area contributed by atoms with Crippen LogP contribution in [0.5, 0.6) is 11.5 Å². The molecule has 204 valence electrons. The van der Waals surface area contributed by atoms with Gasteiger partial charge in [0, 0.05) is 53.2 Å². The third-order valence-electron chi connectivity index (χ3n) is 7.80. The van der Waals surface area contributed by atoms with Crippen molar-refractivity contribution in [2.75, 3.05) is 12.4 Å². The molecule has 2 aromatic heterocycles. The third-order valence-corrected chi connectivity index (χ3v) is 8.05. The molecule has 4 aromatic rings. The van der Waals surface area contributed by atoms with Crippen LogP contribution in [0.25, 0.3) is 11.0 Å². The lowest BCUT2D eigenvalue weighted by Gasteiger charge is -2.53. The van der Waals surface area contributed by atoms with E-state index in [2.05, 4.69) is 55.3 Å². The number of pyridine rings is 1. The number of benzene rings is 2. The van der Waals surface area contributed by atoms with E-state index in [1.807, 2.05) is 54.1 Å². The predicted molar refractivity (Wildman–Crippen MR) is 156 cm³/mol. The number of halogens is 1. The van der Waals surface area contributed by atoms with Crippen LogP contribution < -0.4 is 15.4 Å². The normalized spacial score (nSPS) is 17.2. The van der Waals surface area contributed by atoms with E-state index in [-0.39, 0.29) is 23.0 Å². The van der Waals surface area contributed by atoms with Crippen molar-refractivity contribution in [2.24, 2.45) is 7.05 Å². The Morgan fingerprint density at radius 2 is 1.64 bits per heavy atom. The summed E-state index contributed by atoms with van der Waals surface area (Å²) in [5.41, 5.74) is 2.92. The van der Waals surface area contributed by atoms with Crippen LogP contribution in [0.1, 0.15) is 51.0 Å². The number of ether oxygens (including phenoxy) is 1. The largest absolute Gasteiger partial charge is 0.457 e. The minimum absolute atomic E-state index is 0.0214. The van der Waals surface area contributed by atoms with Gasteiger partial charge in [0.25, 0.3) is 5.91 Å². The molecule has 0 unspecified atom stereocenters. The highest BCUT2D eigenvalue weighted by atomic mass is 35.5. The summed E-state index contributed by atoms with van der Waals surface area (Å²) in [5, 5.41) is 7.20. The number of rotatable bonds is 6. The SMILES string of the molecule is CN1C(C)(C)CC(NC(=O)c2cc(Oc3ccc4c(c3)nc(Nc3ccc(Cl)cc3)n4C)ccn2)CC1(C)C. The fourth-order valence-electron chi connectivity index (χ4n) is 5.48. The summed E-state index contributed by atoms with van der Waals surface area (Å²) in [6, 6.07) is 16.7. The summed E-state index contributed by atoms with van der Waals surface area (Å²) in [4.78, 5) is 24.6. The first-order valence-electron chi connectivity index (χ1n) is 13.1. The predicted octanol–water partition coefficient (Wildman–Crippen LogP) is 6.54. The van der Waals surface area contributed by atoms with Gasteiger partial charge in [-0.05, 0) is 90.0 Å². The molecule has 3 heterocycles. The van der Waals surface area contributed by atoms with Crippen LogP contribution in [0.15, 0.2) is 60.8 Å². The van der Waals surface area contributed by atoms with Gasteiger partial charge in [0.05, 0.1) is 11.0 Å². The first-order valence-corrected chi connectivity index (χ1v) is 13.5. The van der Waals surface area contributed by atoms with Gasteiger partial charge >= 0.3 is 0 Å². The monoisotopic (exact) mass is 546 g/mol. The number of aryl methyl sites for hydroxylation is 1. The van der Waals surface area contributed by atoms with Gasteiger partial charge < -0.3 is 19.9 Å². The van der Waals surface area contributed by atoms with Crippen LogP contribution in [-0.4, -0.2) is 49.5 Å². The highest BCUT2D eigenvalue weighted by Crippen LogP contribution is 2.37. The van der Waals surface area contributed by atoms with E-state index in [0.717, 1.165) is 29.6 Å². The van der Waals surface area contributed by atoms with Gasteiger partial charge in [0.1, 0.15) is 17.2 Å². The molecule has 1 aliphatic rings. The lowest BCUT2D eigenvalue weighted by molar-refractivity contribution is -0.0169. The van der Waals surface area contributed by atoms with E-state index in [1.165, 1.54) is 0 Å². The number of fused-ring (bicyclic) bond motifs is 1. The van der Waals surface area contributed by atoms with Crippen molar-refractivity contribution in [3.05, 3.63) is 71.5 Å². The molecule has 39 heavy (non-hydrogen) atoms. The summed E-state index contributed by atoms with van der Waals surface area (Å²) in [6.45, 7) is 8.87. The van der Waals surface area contributed by atoms with Crippen LogP contribution in [0.4, 0.5) is 11.6 Å². The Balaban J connectivity index is 1.29. The summed E-state index contributed by atoms with van der Waals surface area (Å²) >= 11 is 6.00. The zero-order valence-corrected chi connectivity index (χ0v) is 24.0. The maximum absolute atomic E-state index is 13.1. The quantitative estimate of drug-likeness (QED) is 0.286. The van der Waals surface area contributed by atoms with Gasteiger partial charge in [-0.15, -0.1) is 0 Å². The zero-order chi connectivity index (χ0) is 27.9. The van der Waals surface area contributed by atoms with E-state index >= 15 is 0 Å². The molecule has 1 amide bonds. The molecule has 0 aliphatic carbocycles. The molecule has 2 N–H and O–H groups in total. The van der Waals surface area contributed by atoms with Gasteiger partial charge in [-0.1, -0.05) is 11.6 Å². The second kappa shape index (κ2) is 10.2. The molecule has 0 saturated carbocycles. The van der Waals surface area contributed by atoms with Crippen molar-refractivity contribution in [1.82, 2.24) is 24.8 Å². The first-order chi connectivity index (χ1) is 18.4. The molecule has 5 rings (SSSR count). The van der Waals surface area contributed by atoms with Crippen molar-refractivity contribution in [2.45, 2.75) is 57.7 Å². The zero-order valence-electron chi connectivity index (χ0n) is 23.2. The average molecular weight is 547 g/mol. The number of piperidine rings is 1. The second-order valence-electron chi connectivity index (χ2n) is 11.5. The van der Waals surface area contributed by atoms with Crippen molar-refractivity contribution in [3.8, 4) is 11.5 Å². The Kier molecular flexibility index (Phi) is 7.03. The molecule has 8 nitrogen and oxygen atoms in total. The standard InChI is InChI=1S/C30H35ClN6O2/c1-29(2)17-21(18-30(3,4)37(29)6)33-27(38)25-16-23(13-14-32-25)39-22-11-12-26-24(15-22)35-28(36(26)5)34-20-9-7-19(31)8-10-20/h7-16,21H,17-18H2,1-6H3,(H,33,38)(H,34,35). The second-order valence-corrected chi connectivity index (χ2v) is 12.0. The molecular formula is C30H35ClN6O2. The molecule has 0 bridgehead atoms. The Labute approximate surface area is 234 Å². The number of imidazole rings is 1. The van der Waals surface area contributed by atoms with E-state index in [1.54, 1.807) is 18.3 Å². The average Bonchev–Trinajstić information content (AvgIpc) is 3.18. The maximum atomic E-state index is 13.1. The Morgan fingerprint density at radius 1 is 0.974 bits per heavy atom. The lowest BCUT2D eigenvalue weighted by atomic mass is 9.77. The number of aromatic nitrogens is 3. The van der Waals surface area contributed by atoms with Gasteiger partial charge in [-0.2, -0.15) is 0 Å². The number of carbonyl (C=O) groups is 1. The number of likely N-dealkylation sites (tertiary alicyclic amines) is 1. The highest BCUT2D eigenvalue weighted by molar-refractivity contribution is 6.30. The smallest absolute Gasteiger partial charge is 0.270 e. The molecule has 2 aromatic carbocycles. The number of hydrogen-bond acceptors (Lipinski definition) is 6.